The van der Waals surface area contributed by atoms with Crippen LogP contribution in [0.5, 0.6) is 0 Å². The minimum absolute atomic E-state index is 0.0682. The molecule has 9 heteroatoms. The first-order valence-corrected chi connectivity index (χ1v) is 10.6. The molecule has 0 aromatic heterocycles. The molecule has 2 aromatic rings. The summed E-state index contributed by atoms with van der Waals surface area (Å²) in [4.78, 5) is 12.3. The molecule has 0 fully saturated rings. The lowest BCUT2D eigenvalue weighted by molar-refractivity contribution is -0.137. The second-order valence-corrected chi connectivity index (χ2v) is 9.60. The van der Waals surface area contributed by atoms with E-state index >= 15 is 0 Å². The van der Waals surface area contributed by atoms with Crippen LogP contribution in [0.3, 0.4) is 0 Å². The highest BCUT2D eigenvalue weighted by atomic mass is 32.2. The lowest BCUT2D eigenvalue weighted by Crippen LogP contribution is -2.37. The molecule has 0 heterocycles. The van der Waals surface area contributed by atoms with E-state index in [2.05, 4.69) is 5.32 Å². The molecule has 0 radical (unpaired) electrons. The van der Waals surface area contributed by atoms with E-state index in [1.165, 1.54) is 6.07 Å². The molecule has 0 bridgehead atoms. The first-order chi connectivity index (χ1) is 13.2. The van der Waals surface area contributed by atoms with Crippen LogP contribution in [-0.2, 0) is 26.4 Å². The average molecular weight is 428 g/mol. The summed E-state index contributed by atoms with van der Waals surface area (Å²) >= 11 is 0. The van der Waals surface area contributed by atoms with Crippen molar-refractivity contribution in [2.75, 3.05) is 22.4 Å². The van der Waals surface area contributed by atoms with Crippen LogP contribution >= 0.6 is 0 Å². The van der Waals surface area contributed by atoms with E-state index in [4.69, 9.17) is 0 Å². The van der Waals surface area contributed by atoms with Crippen molar-refractivity contribution in [1.82, 2.24) is 0 Å². The molecule has 0 atom stereocenters. The first kappa shape index (κ1) is 22.7. The Hall–Kier alpha value is -2.55. The van der Waals surface area contributed by atoms with Crippen molar-refractivity contribution < 1.29 is 26.4 Å². The van der Waals surface area contributed by atoms with Gasteiger partial charge < -0.3 is 5.32 Å². The largest absolute Gasteiger partial charge is 0.416 e. The number of alkyl halides is 3. The van der Waals surface area contributed by atoms with Gasteiger partial charge in [0.2, 0.25) is 15.9 Å². The van der Waals surface area contributed by atoms with E-state index < -0.39 is 34.2 Å². The smallest absolute Gasteiger partial charge is 0.325 e. The summed E-state index contributed by atoms with van der Waals surface area (Å²) in [6.07, 6.45) is -3.59. The molecule has 0 aliphatic heterocycles. The number of halogens is 3. The topological polar surface area (TPSA) is 66.5 Å². The molecule has 5 nitrogen and oxygen atoms in total. The molecule has 2 aromatic carbocycles. The van der Waals surface area contributed by atoms with Crippen molar-refractivity contribution in [3.63, 3.8) is 0 Å². The normalized spacial score (nSPS) is 12.5. The zero-order valence-electron chi connectivity index (χ0n) is 16.5. The maximum atomic E-state index is 12.8. The van der Waals surface area contributed by atoms with Crippen molar-refractivity contribution in [3.05, 3.63) is 59.7 Å². The number of sulfonamides is 1. The molecule has 0 saturated carbocycles. The predicted molar refractivity (Wildman–Crippen MR) is 107 cm³/mol. The second-order valence-electron chi connectivity index (χ2n) is 7.69. The summed E-state index contributed by atoms with van der Waals surface area (Å²) in [6.45, 7) is 5.47. The lowest BCUT2D eigenvalue weighted by atomic mass is 9.87. The fourth-order valence-corrected chi connectivity index (χ4v) is 3.49. The average Bonchev–Trinajstić information content (AvgIpc) is 2.57. The van der Waals surface area contributed by atoms with Gasteiger partial charge in [0.25, 0.3) is 0 Å². The van der Waals surface area contributed by atoms with Crippen LogP contribution in [0, 0.1) is 0 Å². The first-order valence-electron chi connectivity index (χ1n) is 8.73. The number of nitrogens with zero attached hydrogens (tertiary/aromatic N) is 1. The summed E-state index contributed by atoms with van der Waals surface area (Å²) < 4.78 is 63.7. The predicted octanol–water partition coefficient (Wildman–Crippen LogP) is 4.41. The molecular formula is C20H23F3N2O3S. The summed E-state index contributed by atoms with van der Waals surface area (Å²) in [6, 6.07) is 10.9. The number of benzene rings is 2. The fourth-order valence-electron chi connectivity index (χ4n) is 2.63. The summed E-state index contributed by atoms with van der Waals surface area (Å²) in [5.41, 5.74) is 0.173. The summed E-state index contributed by atoms with van der Waals surface area (Å²) in [7, 11) is -3.79. The number of carbonyl (C=O) groups is 1. The number of hydrogen-bond acceptors (Lipinski definition) is 3. The SMILES string of the molecule is CC(C)(C)c1ccc(N(CC(=O)Nc2cccc(C(F)(F)F)c2)S(C)(=O)=O)cc1. The Labute approximate surface area is 168 Å². The summed E-state index contributed by atoms with van der Waals surface area (Å²) in [5, 5.41) is 2.32. The molecule has 0 aliphatic carbocycles. The molecule has 158 valence electrons. The van der Waals surface area contributed by atoms with Gasteiger partial charge in [0.05, 0.1) is 17.5 Å². The highest BCUT2D eigenvalue weighted by Gasteiger charge is 2.30. The van der Waals surface area contributed by atoms with Crippen LogP contribution in [0.15, 0.2) is 48.5 Å². The minimum atomic E-state index is -4.55. The Morgan fingerprint density at radius 1 is 1.00 bits per heavy atom. The van der Waals surface area contributed by atoms with Gasteiger partial charge in [-0.05, 0) is 41.3 Å². The van der Waals surface area contributed by atoms with E-state index in [-0.39, 0.29) is 11.1 Å². The Bertz CT molecular complexity index is 979. The van der Waals surface area contributed by atoms with Gasteiger partial charge >= 0.3 is 6.18 Å². The molecule has 0 spiro atoms. The Morgan fingerprint density at radius 2 is 1.59 bits per heavy atom. The van der Waals surface area contributed by atoms with Crippen LogP contribution in [-0.4, -0.2) is 27.1 Å². The number of nitrogens with one attached hydrogen (secondary N) is 1. The molecule has 29 heavy (non-hydrogen) atoms. The van der Waals surface area contributed by atoms with Gasteiger partial charge in [0.1, 0.15) is 6.54 Å². The van der Waals surface area contributed by atoms with Gasteiger partial charge in [-0.15, -0.1) is 0 Å². The van der Waals surface area contributed by atoms with E-state index in [0.717, 1.165) is 34.3 Å². The Balaban J connectivity index is 2.22. The van der Waals surface area contributed by atoms with Crippen LogP contribution in [0.4, 0.5) is 24.5 Å². The lowest BCUT2D eigenvalue weighted by Gasteiger charge is -2.24. The molecule has 0 saturated heterocycles. The van der Waals surface area contributed by atoms with Gasteiger partial charge in [-0.1, -0.05) is 39.0 Å². The third-order valence-corrected chi connectivity index (χ3v) is 5.32. The second kappa shape index (κ2) is 8.06. The number of rotatable bonds is 5. The third kappa shape index (κ3) is 6.22. The van der Waals surface area contributed by atoms with Crippen molar-refractivity contribution >= 4 is 27.3 Å². The monoisotopic (exact) mass is 428 g/mol. The van der Waals surface area contributed by atoms with Crippen molar-refractivity contribution in [3.8, 4) is 0 Å². The number of carbonyl (C=O) groups excluding carboxylic acids is 1. The van der Waals surface area contributed by atoms with E-state index in [1.54, 1.807) is 24.3 Å². The molecular weight excluding hydrogens is 405 g/mol. The molecule has 2 rings (SSSR count). The van der Waals surface area contributed by atoms with Crippen molar-refractivity contribution in [1.29, 1.82) is 0 Å². The third-order valence-electron chi connectivity index (χ3n) is 4.18. The van der Waals surface area contributed by atoms with Crippen LogP contribution in [0.1, 0.15) is 31.9 Å². The highest BCUT2D eigenvalue weighted by molar-refractivity contribution is 7.92. The summed E-state index contributed by atoms with van der Waals surface area (Å²) in [5.74, 6) is -0.755. The van der Waals surface area contributed by atoms with Crippen LogP contribution in [0.2, 0.25) is 0 Å². The van der Waals surface area contributed by atoms with Gasteiger partial charge in [-0.25, -0.2) is 8.42 Å². The minimum Gasteiger partial charge on any atom is -0.325 e. The maximum Gasteiger partial charge on any atom is 0.416 e. The molecule has 0 unspecified atom stereocenters. The molecule has 1 amide bonds. The standard InChI is InChI=1S/C20H23F3N2O3S/c1-19(2,3)14-8-10-17(11-9-14)25(29(4,27)28)13-18(26)24-16-7-5-6-15(12-16)20(21,22)23/h5-12H,13H2,1-4H3,(H,24,26). The quantitative estimate of drug-likeness (QED) is 0.767. The fraction of sp³-hybridized carbons (Fsp3) is 0.350. The van der Waals surface area contributed by atoms with Gasteiger partial charge in [0, 0.05) is 5.69 Å². The maximum absolute atomic E-state index is 12.8. The van der Waals surface area contributed by atoms with Gasteiger partial charge in [-0.3, -0.25) is 9.10 Å². The van der Waals surface area contributed by atoms with E-state index in [1.807, 2.05) is 20.8 Å². The highest BCUT2D eigenvalue weighted by Crippen LogP contribution is 2.31. The number of amides is 1. The molecule has 0 aliphatic rings. The molecule has 1 N–H and O–H groups in total. The van der Waals surface area contributed by atoms with Gasteiger partial charge in [0.15, 0.2) is 0 Å². The number of anilines is 2. The zero-order valence-corrected chi connectivity index (χ0v) is 17.4. The van der Waals surface area contributed by atoms with Crippen LogP contribution < -0.4 is 9.62 Å². The van der Waals surface area contributed by atoms with Crippen molar-refractivity contribution in [2.24, 2.45) is 0 Å². The number of hydrogen-bond donors (Lipinski definition) is 1. The van der Waals surface area contributed by atoms with E-state index in [9.17, 15) is 26.4 Å². The zero-order chi connectivity index (χ0) is 22.0. The van der Waals surface area contributed by atoms with Gasteiger partial charge in [-0.2, -0.15) is 13.2 Å². The van der Waals surface area contributed by atoms with Crippen molar-refractivity contribution in [2.45, 2.75) is 32.4 Å². The Kier molecular flexibility index (Phi) is 6.32. The van der Waals surface area contributed by atoms with E-state index in [0.29, 0.717) is 5.69 Å². The Morgan fingerprint density at radius 3 is 2.07 bits per heavy atom. The van der Waals surface area contributed by atoms with Crippen LogP contribution in [0.25, 0.3) is 0 Å².